The first-order chi connectivity index (χ1) is 12.9. The highest BCUT2D eigenvalue weighted by Gasteiger charge is 2.35. The lowest BCUT2D eigenvalue weighted by Gasteiger charge is -2.19. The molecule has 0 radical (unpaired) electrons. The fourth-order valence-electron chi connectivity index (χ4n) is 3.54. The van der Waals surface area contributed by atoms with Crippen molar-refractivity contribution >= 4 is 45.8 Å². The lowest BCUT2D eigenvalue weighted by Crippen LogP contribution is -2.28. The molecule has 2 heterocycles. The van der Waals surface area contributed by atoms with Crippen LogP contribution >= 0.6 is 11.6 Å². The highest BCUT2D eigenvalue weighted by Crippen LogP contribution is 2.32. The van der Waals surface area contributed by atoms with Crippen molar-refractivity contribution in [2.24, 2.45) is 5.92 Å². The van der Waals surface area contributed by atoms with Gasteiger partial charge in [0.05, 0.1) is 10.9 Å². The lowest BCUT2D eigenvalue weighted by atomic mass is 10.1. The zero-order chi connectivity index (χ0) is 19.1. The van der Waals surface area contributed by atoms with E-state index in [1.165, 1.54) is 0 Å². The topological polar surface area (TPSA) is 62.6 Å². The number of anilines is 2. The number of halogens is 1. The van der Waals surface area contributed by atoms with E-state index in [9.17, 15) is 9.59 Å². The Morgan fingerprint density at radius 1 is 1.22 bits per heavy atom. The van der Waals surface area contributed by atoms with E-state index in [1.807, 2.05) is 50.2 Å². The van der Waals surface area contributed by atoms with Crippen molar-refractivity contribution < 1.29 is 14.0 Å². The second kappa shape index (κ2) is 6.74. The molecule has 138 valence electrons. The number of hydrogen-bond acceptors (Lipinski definition) is 3. The van der Waals surface area contributed by atoms with Crippen molar-refractivity contribution in [3.05, 3.63) is 58.8 Å². The van der Waals surface area contributed by atoms with Gasteiger partial charge in [0.2, 0.25) is 11.8 Å². The molecule has 0 saturated carbocycles. The molecule has 1 aliphatic heterocycles. The van der Waals surface area contributed by atoms with Crippen molar-refractivity contribution in [3.8, 4) is 0 Å². The molecule has 6 heteroatoms. The number of fused-ring (bicyclic) bond motifs is 1. The number of carbonyl (C=O) groups excluding carboxylic acids is 2. The SMILES string of the molecule is Cc1cc2cc(NC(=O)[C@H]3CC(=O)N(c4ccccc4C)C3)cc(Cl)c2o1. The van der Waals surface area contributed by atoms with E-state index in [2.05, 4.69) is 5.32 Å². The average molecular weight is 383 g/mol. The Morgan fingerprint density at radius 2 is 2.00 bits per heavy atom. The molecule has 1 fully saturated rings. The third-order valence-corrected chi connectivity index (χ3v) is 5.14. The molecule has 27 heavy (non-hydrogen) atoms. The molecule has 1 N–H and O–H groups in total. The summed E-state index contributed by atoms with van der Waals surface area (Å²) in [4.78, 5) is 26.8. The predicted octanol–water partition coefficient (Wildman–Crippen LogP) is 4.69. The molecule has 2 amide bonds. The van der Waals surface area contributed by atoms with Crippen LogP contribution in [0.25, 0.3) is 11.0 Å². The van der Waals surface area contributed by atoms with E-state index in [4.69, 9.17) is 16.0 Å². The summed E-state index contributed by atoms with van der Waals surface area (Å²) in [6, 6.07) is 13.1. The molecular formula is C21H19ClN2O3. The van der Waals surface area contributed by atoms with Gasteiger partial charge in [0.1, 0.15) is 5.76 Å². The monoisotopic (exact) mass is 382 g/mol. The van der Waals surface area contributed by atoms with E-state index in [0.29, 0.717) is 22.8 Å². The molecule has 4 rings (SSSR count). The number of amides is 2. The smallest absolute Gasteiger partial charge is 0.229 e. The van der Waals surface area contributed by atoms with Crippen LogP contribution in [-0.4, -0.2) is 18.4 Å². The Balaban J connectivity index is 1.52. The summed E-state index contributed by atoms with van der Waals surface area (Å²) in [7, 11) is 0. The summed E-state index contributed by atoms with van der Waals surface area (Å²) in [6.07, 6.45) is 0.195. The van der Waals surface area contributed by atoms with Gasteiger partial charge in [-0.3, -0.25) is 9.59 Å². The summed E-state index contributed by atoms with van der Waals surface area (Å²) < 4.78 is 5.55. The van der Waals surface area contributed by atoms with Crippen LogP contribution in [0, 0.1) is 19.8 Å². The normalized spacial score (nSPS) is 16.9. The molecule has 0 spiro atoms. The van der Waals surface area contributed by atoms with Crippen molar-refractivity contribution in [2.75, 3.05) is 16.8 Å². The molecule has 1 atom stereocenters. The summed E-state index contributed by atoms with van der Waals surface area (Å²) in [5, 5.41) is 4.17. The van der Waals surface area contributed by atoms with Crippen molar-refractivity contribution in [1.82, 2.24) is 0 Å². The number of benzene rings is 2. The molecule has 2 aromatic carbocycles. The quantitative estimate of drug-likeness (QED) is 0.714. The van der Waals surface area contributed by atoms with Gasteiger partial charge in [-0.25, -0.2) is 0 Å². The first kappa shape index (κ1) is 17.6. The van der Waals surface area contributed by atoms with Crippen LogP contribution in [0.4, 0.5) is 11.4 Å². The van der Waals surface area contributed by atoms with E-state index in [-0.39, 0.29) is 18.2 Å². The Labute approximate surface area is 161 Å². The van der Waals surface area contributed by atoms with Crippen LogP contribution in [0.3, 0.4) is 0 Å². The molecule has 1 aromatic heterocycles. The molecule has 0 bridgehead atoms. The van der Waals surface area contributed by atoms with Crippen LogP contribution in [0.5, 0.6) is 0 Å². The van der Waals surface area contributed by atoms with E-state index >= 15 is 0 Å². The van der Waals surface area contributed by atoms with Gasteiger partial charge in [-0.15, -0.1) is 0 Å². The molecule has 5 nitrogen and oxygen atoms in total. The fraction of sp³-hybridized carbons (Fsp3) is 0.238. The van der Waals surface area contributed by atoms with Gasteiger partial charge in [0.25, 0.3) is 0 Å². The molecule has 0 aliphatic carbocycles. The van der Waals surface area contributed by atoms with Crippen LogP contribution < -0.4 is 10.2 Å². The summed E-state index contributed by atoms with van der Waals surface area (Å²) >= 11 is 6.26. The summed E-state index contributed by atoms with van der Waals surface area (Å²) in [5.41, 5.74) is 3.07. The van der Waals surface area contributed by atoms with Crippen LogP contribution in [0.2, 0.25) is 5.02 Å². The van der Waals surface area contributed by atoms with Crippen molar-refractivity contribution in [1.29, 1.82) is 0 Å². The standard InChI is InChI=1S/C21H19ClN2O3/c1-12-5-3-4-6-18(12)24-11-15(9-19(24)25)21(26)23-16-8-14-7-13(2)27-20(14)17(22)10-16/h3-8,10,15H,9,11H2,1-2H3,(H,23,26)/t15-/m0/s1. The van der Waals surface area contributed by atoms with Gasteiger partial charge in [0, 0.05) is 29.7 Å². The molecule has 1 saturated heterocycles. The largest absolute Gasteiger partial charge is 0.460 e. The van der Waals surface area contributed by atoms with Crippen molar-refractivity contribution in [3.63, 3.8) is 0 Å². The Kier molecular flexibility index (Phi) is 4.40. The average Bonchev–Trinajstić information content (AvgIpc) is 3.18. The number of hydrogen-bond donors (Lipinski definition) is 1. The second-order valence-corrected chi connectivity index (χ2v) is 7.32. The number of nitrogens with zero attached hydrogens (tertiary/aromatic N) is 1. The molecule has 0 unspecified atom stereocenters. The molecule has 1 aliphatic rings. The fourth-order valence-corrected chi connectivity index (χ4v) is 3.80. The van der Waals surface area contributed by atoms with Crippen LogP contribution in [0.15, 0.2) is 46.9 Å². The maximum absolute atomic E-state index is 12.7. The van der Waals surface area contributed by atoms with Gasteiger partial charge < -0.3 is 14.6 Å². The first-order valence-electron chi connectivity index (χ1n) is 8.79. The minimum atomic E-state index is -0.405. The molecular weight excluding hydrogens is 364 g/mol. The zero-order valence-electron chi connectivity index (χ0n) is 15.1. The highest BCUT2D eigenvalue weighted by atomic mass is 35.5. The minimum absolute atomic E-state index is 0.0385. The first-order valence-corrected chi connectivity index (χ1v) is 9.17. The summed E-state index contributed by atoms with van der Waals surface area (Å²) in [5.74, 6) is 0.127. The number of rotatable bonds is 3. The number of carbonyl (C=O) groups is 2. The van der Waals surface area contributed by atoms with Crippen LogP contribution in [-0.2, 0) is 9.59 Å². The zero-order valence-corrected chi connectivity index (χ0v) is 15.8. The van der Waals surface area contributed by atoms with Crippen molar-refractivity contribution in [2.45, 2.75) is 20.3 Å². The maximum atomic E-state index is 12.7. The Hall–Kier alpha value is -2.79. The van der Waals surface area contributed by atoms with Gasteiger partial charge in [0.15, 0.2) is 5.58 Å². The van der Waals surface area contributed by atoms with Gasteiger partial charge >= 0.3 is 0 Å². The lowest BCUT2D eigenvalue weighted by molar-refractivity contribution is -0.122. The third kappa shape index (κ3) is 3.30. The predicted molar refractivity (Wildman–Crippen MR) is 106 cm³/mol. The van der Waals surface area contributed by atoms with E-state index in [0.717, 1.165) is 22.4 Å². The van der Waals surface area contributed by atoms with Gasteiger partial charge in [-0.2, -0.15) is 0 Å². The second-order valence-electron chi connectivity index (χ2n) is 6.91. The van der Waals surface area contributed by atoms with Gasteiger partial charge in [-0.1, -0.05) is 29.8 Å². The minimum Gasteiger partial charge on any atom is -0.460 e. The number of furan rings is 1. The maximum Gasteiger partial charge on any atom is 0.229 e. The number of nitrogens with one attached hydrogen (secondary N) is 1. The Morgan fingerprint density at radius 3 is 2.78 bits per heavy atom. The van der Waals surface area contributed by atoms with E-state index < -0.39 is 5.92 Å². The third-order valence-electron chi connectivity index (χ3n) is 4.86. The van der Waals surface area contributed by atoms with E-state index in [1.54, 1.807) is 11.0 Å². The number of aryl methyl sites for hydroxylation is 2. The summed E-state index contributed by atoms with van der Waals surface area (Å²) in [6.45, 7) is 4.18. The van der Waals surface area contributed by atoms with Gasteiger partial charge in [-0.05, 0) is 43.7 Å². The Bertz CT molecular complexity index is 1060. The highest BCUT2D eigenvalue weighted by molar-refractivity contribution is 6.35. The number of para-hydroxylation sites is 1. The van der Waals surface area contributed by atoms with Crippen LogP contribution in [0.1, 0.15) is 17.7 Å². The molecule has 3 aromatic rings.